The third kappa shape index (κ3) is 2.74. The van der Waals surface area contributed by atoms with Gasteiger partial charge in [0.25, 0.3) is 0 Å². The zero-order valence-electron chi connectivity index (χ0n) is 6.58. The highest BCUT2D eigenvalue weighted by molar-refractivity contribution is 5.73. The topological polar surface area (TPSA) is 124 Å². The second kappa shape index (κ2) is 4.36. The Morgan fingerprint density at radius 3 is 2.00 bits per heavy atom. The van der Waals surface area contributed by atoms with E-state index in [1.165, 1.54) is 6.92 Å². The van der Waals surface area contributed by atoms with Gasteiger partial charge >= 0.3 is 5.97 Å². The molecule has 6 heteroatoms. The van der Waals surface area contributed by atoms with Gasteiger partial charge in [0.1, 0.15) is 6.04 Å². The van der Waals surface area contributed by atoms with Crippen molar-refractivity contribution in [3.05, 3.63) is 0 Å². The van der Waals surface area contributed by atoms with Gasteiger partial charge in [-0.1, -0.05) is 6.92 Å². The van der Waals surface area contributed by atoms with E-state index >= 15 is 0 Å². The van der Waals surface area contributed by atoms with Crippen molar-refractivity contribution in [2.75, 3.05) is 0 Å². The van der Waals surface area contributed by atoms with Crippen molar-refractivity contribution in [2.24, 2.45) is 11.7 Å². The van der Waals surface area contributed by atoms with Crippen LogP contribution in [0.15, 0.2) is 0 Å². The van der Waals surface area contributed by atoms with E-state index in [2.05, 4.69) is 0 Å². The Balaban J connectivity index is 4.18. The molecule has 0 aromatic heterocycles. The minimum atomic E-state index is -1.77. The van der Waals surface area contributed by atoms with E-state index in [0.29, 0.717) is 0 Å². The molecule has 0 aliphatic rings. The van der Waals surface area contributed by atoms with Crippen LogP contribution in [-0.4, -0.2) is 44.8 Å². The Morgan fingerprint density at radius 2 is 1.75 bits per heavy atom. The van der Waals surface area contributed by atoms with Crippen LogP contribution in [0.5, 0.6) is 0 Å². The molecule has 0 amide bonds. The summed E-state index contributed by atoms with van der Waals surface area (Å²) in [5.41, 5.74) is 5.03. The van der Waals surface area contributed by atoms with Crippen molar-refractivity contribution in [3.63, 3.8) is 0 Å². The molecular weight excluding hydrogens is 166 g/mol. The molecule has 72 valence electrons. The van der Waals surface area contributed by atoms with E-state index in [9.17, 15) is 4.79 Å². The predicted molar refractivity (Wildman–Crippen MR) is 39.0 cm³/mol. The number of carboxylic acids is 1. The third-order valence-corrected chi connectivity index (χ3v) is 1.66. The second-order valence-electron chi connectivity index (χ2n) is 2.63. The Morgan fingerprint density at radius 1 is 1.33 bits per heavy atom. The zero-order chi connectivity index (χ0) is 9.89. The van der Waals surface area contributed by atoms with Gasteiger partial charge in [0.2, 0.25) is 0 Å². The summed E-state index contributed by atoms with van der Waals surface area (Å²) in [4.78, 5) is 10.2. The van der Waals surface area contributed by atoms with E-state index in [4.69, 9.17) is 26.2 Å². The lowest BCUT2D eigenvalue weighted by atomic mass is 9.98. The first-order chi connectivity index (χ1) is 5.37. The van der Waals surface area contributed by atoms with Crippen LogP contribution < -0.4 is 5.73 Å². The third-order valence-electron chi connectivity index (χ3n) is 1.66. The Kier molecular flexibility index (Phi) is 4.11. The molecule has 0 bridgehead atoms. The summed E-state index contributed by atoms with van der Waals surface area (Å²) < 4.78 is 0. The van der Waals surface area contributed by atoms with Crippen molar-refractivity contribution >= 4 is 5.97 Å². The SMILES string of the molecule is CC(C(O)O)C(O)C(N)C(=O)O. The molecule has 6 N–H and O–H groups in total. The number of nitrogens with two attached hydrogens (primary N) is 1. The Bertz CT molecular complexity index is 160. The van der Waals surface area contributed by atoms with Crippen LogP contribution in [-0.2, 0) is 4.79 Å². The maximum Gasteiger partial charge on any atom is 0.323 e. The number of aliphatic hydroxyl groups excluding tert-OH is 2. The van der Waals surface area contributed by atoms with Crippen molar-refractivity contribution in [2.45, 2.75) is 25.4 Å². The highest BCUT2D eigenvalue weighted by atomic mass is 16.5. The molecule has 0 saturated heterocycles. The number of hydrogen-bond donors (Lipinski definition) is 5. The van der Waals surface area contributed by atoms with Crippen LogP contribution in [0.1, 0.15) is 6.92 Å². The molecule has 0 heterocycles. The molecule has 3 unspecified atom stereocenters. The molecule has 0 fully saturated rings. The first-order valence-electron chi connectivity index (χ1n) is 3.40. The lowest BCUT2D eigenvalue weighted by molar-refractivity contribution is -0.148. The van der Waals surface area contributed by atoms with Gasteiger partial charge in [0.15, 0.2) is 6.29 Å². The first-order valence-corrected chi connectivity index (χ1v) is 3.40. The molecule has 12 heavy (non-hydrogen) atoms. The number of aliphatic hydroxyl groups is 3. The van der Waals surface area contributed by atoms with Crippen LogP contribution in [0.2, 0.25) is 0 Å². The fraction of sp³-hybridized carbons (Fsp3) is 0.833. The number of carboxylic acid groups (broad SMARTS) is 1. The van der Waals surface area contributed by atoms with Gasteiger partial charge < -0.3 is 26.2 Å². The fourth-order valence-corrected chi connectivity index (χ4v) is 0.649. The van der Waals surface area contributed by atoms with Crippen molar-refractivity contribution < 1.29 is 25.2 Å². The van der Waals surface area contributed by atoms with Gasteiger partial charge in [0.05, 0.1) is 6.10 Å². The highest BCUT2D eigenvalue weighted by Gasteiger charge is 2.30. The zero-order valence-corrected chi connectivity index (χ0v) is 6.58. The summed E-state index contributed by atoms with van der Waals surface area (Å²) in [6.07, 6.45) is -3.24. The number of hydrogen-bond acceptors (Lipinski definition) is 5. The number of aliphatic carboxylic acids is 1. The van der Waals surface area contributed by atoms with Crippen molar-refractivity contribution in [1.29, 1.82) is 0 Å². The summed E-state index contributed by atoms with van der Waals surface area (Å²) in [6.45, 7) is 1.29. The molecule has 3 atom stereocenters. The van der Waals surface area contributed by atoms with Gasteiger partial charge in [0, 0.05) is 5.92 Å². The van der Waals surface area contributed by atoms with Gasteiger partial charge in [-0.3, -0.25) is 4.79 Å². The smallest absolute Gasteiger partial charge is 0.323 e. The number of carbonyl (C=O) groups is 1. The predicted octanol–water partition coefficient (Wildman–Crippen LogP) is -2.29. The minimum Gasteiger partial charge on any atom is -0.480 e. The van der Waals surface area contributed by atoms with Crippen LogP contribution in [0.25, 0.3) is 0 Å². The molecule has 0 aliphatic heterocycles. The van der Waals surface area contributed by atoms with E-state index < -0.39 is 30.3 Å². The van der Waals surface area contributed by atoms with Gasteiger partial charge in [-0.05, 0) is 0 Å². The summed E-state index contributed by atoms with van der Waals surface area (Å²) >= 11 is 0. The van der Waals surface area contributed by atoms with Crippen LogP contribution in [0.3, 0.4) is 0 Å². The highest BCUT2D eigenvalue weighted by Crippen LogP contribution is 2.09. The molecule has 0 aromatic carbocycles. The summed E-state index contributed by atoms with van der Waals surface area (Å²) in [5, 5.41) is 34.6. The van der Waals surface area contributed by atoms with E-state index in [1.54, 1.807) is 0 Å². The quantitative estimate of drug-likeness (QED) is 0.309. The van der Waals surface area contributed by atoms with Gasteiger partial charge in [-0.15, -0.1) is 0 Å². The summed E-state index contributed by atoms with van der Waals surface area (Å²) in [6, 6.07) is -1.50. The molecule has 0 rings (SSSR count). The maximum atomic E-state index is 10.2. The number of rotatable bonds is 4. The van der Waals surface area contributed by atoms with Crippen molar-refractivity contribution in [1.82, 2.24) is 0 Å². The molecule has 0 spiro atoms. The monoisotopic (exact) mass is 179 g/mol. The van der Waals surface area contributed by atoms with Crippen LogP contribution in [0.4, 0.5) is 0 Å². The average molecular weight is 179 g/mol. The second-order valence-corrected chi connectivity index (χ2v) is 2.63. The summed E-state index contributed by atoms with van der Waals surface area (Å²) in [7, 11) is 0. The maximum absolute atomic E-state index is 10.2. The fourth-order valence-electron chi connectivity index (χ4n) is 0.649. The van der Waals surface area contributed by atoms with E-state index in [-0.39, 0.29) is 0 Å². The Hall–Kier alpha value is -0.690. The Labute approximate surface area is 69.2 Å². The minimum absolute atomic E-state index is 0.990. The average Bonchev–Trinajstić information content (AvgIpc) is 2.00. The molecule has 0 saturated carbocycles. The van der Waals surface area contributed by atoms with Gasteiger partial charge in [-0.2, -0.15) is 0 Å². The van der Waals surface area contributed by atoms with Crippen LogP contribution >= 0.6 is 0 Å². The molecule has 0 radical (unpaired) electrons. The lowest BCUT2D eigenvalue weighted by Gasteiger charge is -2.22. The van der Waals surface area contributed by atoms with E-state index in [1.807, 2.05) is 0 Å². The standard InChI is InChI=1S/C6H13NO5/c1-2(5(9)10)4(8)3(7)6(11)12/h2-5,8-10H,7H2,1H3,(H,11,12). The molecule has 0 aromatic rings. The molecular formula is C6H13NO5. The summed E-state index contributed by atoms with van der Waals surface area (Å²) in [5.74, 6) is -2.37. The molecule has 0 aliphatic carbocycles. The van der Waals surface area contributed by atoms with E-state index in [0.717, 1.165) is 0 Å². The lowest BCUT2D eigenvalue weighted by Crippen LogP contribution is -2.47. The largest absolute Gasteiger partial charge is 0.480 e. The van der Waals surface area contributed by atoms with Crippen molar-refractivity contribution in [3.8, 4) is 0 Å². The van der Waals surface area contributed by atoms with Crippen LogP contribution in [0, 0.1) is 5.92 Å². The normalized spacial score (nSPS) is 18.8. The molecule has 6 nitrogen and oxygen atoms in total. The van der Waals surface area contributed by atoms with Gasteiger partial charge in [-0.25, -0.2) is 0 Å². The first kappa shape index (κ1) is 11.3.